The fraction of sp³-hybridized carbons (Fsp3) is 0.238. The number of ether oxygens (including phenoxy) is 1. The van der Waals surface area contributed by atoms with Gasteiger partial charge >= 0.3 is 11.3 Å². The van der Waals surface area contributed by atoms with Crippen molar-refractivity contribution in [2.75, 3.05) is 6.61 Å². The lowest BCUT2D eigenvalue weighted by molar-refractivity contribution is -0.153. The van der Waals surface area contributed by atoms with Crippen LogP contribution in [-0.2, 0) is 16.9 Å². The number of H-pyrrole nitrogens is 1. The van der Waals surface area contributed by atoms with Crippen molar-refractivity contribution in [2.45, 2.75) is 30.9 Å². The molecule has 0 aliphatic heterocycles. The number of alkyl halides is 3. The first-order valence-electron chi connectivity index (χ1n) is 9.37. The van der Waals surface area contributed by atoms with E-state index in [9.17, 15) is 17.7 Å². The molecule has 0 unspecified atom stereocenters. The first-order chi connectivity index (χ1) is 14.7. The fourth-order valence-electron chi connectivity index (χ4n) is 3.22. The zero-order chi connectivity index (χ0) is 22.2. The normalized spacial score (nSPS) is 13.0. The summed E-state index contributed by atoms with van der Waals surface area (Å²) in [5.74, 6) is 0.110. The molecule has 0 radical (unpaired) electrons. The molecule has 0 aliphatic rings. The molecule has 1 aromatic carbocycles. The van der Waals surface area contributed by atoms with Crippen LogP contribution in [0.4, 0.5) is 13.2 Å². The van der Waals surface area contributed by atoms with E-state index in [0.29, 0.717) is 22.3 Å². The Morgan fingerprint density at radius 3 is 2.65 bits per heavy atom. The van der Waals surface area contributed by atoms with Gasteiger partial charge in [-0.1, -0.05) is 0 Å². The molecule has 0 saturated carbocycles. The number of imidazole rings is 1. The molecule has 3 aromatic heterocycles. The monoisotopic (exact) mass is 448 g/mol. The van der Waals surface area contributed by atoms with Gasteiger partial charge in [-0.15, -0.1) is 0 Å². The lowest BCUT2D eigenvalue weighted by Gasteiger charge is -2.16. The molecule has 4 rings (SSSR count). The highest BCUT2D eigenvalue weighted by Gasteiger charge is 2.29. The summed E-state index contributed by atoms with van der Waals surface area (Å²) in [6.45, 7) is 1.84. The van der Waals surface area contributed by atoms with Crippen molar-refractivity contribution in [3.63, 3.8) is 0 Å². The van der Waals surface area contributed by atoms with Gasteiger partial charge in [0.05, 0.1) is 16.7 Å². The van der Waals surface area contributed by atoms with Gasteiger partial charge in [0.2, 0.25) is 0 Å². The number of aryl methyl sites for hydroxylation is 1. The van der Waals surface area contributed by atoms with Crippen LogP contribution in [-0.4, -0.2) is 36.9 Å². The fourth-order valence-corrected chi connectivity index (χ4v) is 4.32. The lowest BCUT2D eigenvalue weighted by Crippen LogP contribution is -2.20. The van der Waals surface area contributed by atoms with Gasteiger partial charge < -0.3 is 13.9 Å². The van der Waals surface area contributed by atoms with E-state index in [1.165, 1.54) is 6.20 Å². The molecule has 1 N–H and O–H groups in total. The van der Waals surface area contributed by atoms with E-state index in [0.717, 1.165) is 11.2 Å². The molecule has 0 spiro atoms. The number of fused-ring (bicyclic) bond motifs is 1. The Labute approximate surface area is 179 Å². The van der Waals surface area contributed by atoms with E-state index >= 15 is 0 Å². The summed E-state index contributed by atoms with van der Waals surface area (Å²) in [6, 6.07) is 9.49. The van der Waals surface area contributed by atoms with Crippen LogP contribution in [0.25, 0.3) is 16.7 Å². The van der Waals surface area contributed by atoms with E-state index in [-0.39, 0.29) is 16.7 Å². The highest BCUT2D eigenvalue weighted by Crippen LogP contribution is 2.29. The summed E-state index contributed by atoms with van der Waals surface area (Å²) in [5, 5.41) is 0.277. The van der Waals surface area contributed by atoms with Crippen molar-refractivity contribution < 1.29 is 22.5 Å². The Morgan fingerprint density at radius 1 is 1.19 bits per heavy atom. The summed E-state index contributed by atoms with van der Waals surface area (Å²) >= 11 is -1.57. The third kappa shape index (κ3) is 4.70. The van der Waals surface area contributed by atoms with Gasteiger partial charge in [0.1, 0.15) is 5.75 Å². The molecule has 0 aliphatic carbocycles. The molecular weight excluding hydrogens is 429 g/mol. The number of nitrogens with one attached hydrogen (secondary N) is 1. The van der Waals surface area contributed by atoms with Crippen LogP contribution < -0.4 is 4.74 Å². The molecule has 31 heavy (non-hydrogen) atoms. The Morgan fingerprint density at radius 2 is 1.94 bits per heavy atom. The second-order valence-electron chi connectivity index (χ2n) is 7.07. The van der Waals surface area contributed by atoms with Gasteiger partial charge in [-0.3, -0.25) is 9.97 Å². The number of hydrogen-bond acceptors (Lipinski definition) is 4. The Bertz CT molecular complexity index is 1210. The predicted molar refractivity (Wildman–Crippen MR) is 111 cm³/mol. The zero-order valence-electron chi connectivity index (χ0n) is 16.7. The maximum Gasteiger partial charge on any atom is 0.422 e. The molecule has 162 valence electrons. The summed E-state index contributed by atoms with van der Waals surface area (Å²) < 4.78 is 57.5. The molecule has 4 aromatic rings. The van der Waals surface area contributed by atoms with Crippen molar-refractivity contribution in [2.24, 2.45) is 0 Å². The van der Waals surface area contributed by atoms with Crippen LogP contribution in [0.2, 0.25) is 0 Å². The number of benzene rings is 1. The van der Waals surface area contributed by atoms with Crippen LogP contribution in [0.3, 0.4) is 0 Å². The highest BCUT2D eigenvalue weighted by atomic mass is 32.2. The highest BCUT2D eigenvalue weighted by molar-refractivity contribution is 7.90. The number of rotatable bonds is 6. The number of nitrogens with zero attached hydrogens (tertiary/aromatic N) is 3. The van der Waals surface area contributed by atoms with Crippen LogP contribution in [0, 0.1) is 13.8 Å². The van der Waals surface area contributed by atoms with Gasteiger partial charge in [-0.2, -0.15) is 18.2 Å². The predicted octanol–water partition coefficient (Wildman–Crippen LogP) is 4.61. The number of hydrogen-bond donors (Lipinski definition) is 1. The molecule has 0 amide bonds. The number of aromatic nitrogens is 4. The third-order valence-electron chi connectivity index (χ3n) is 4.76. The van der Waals surface area contributed by atoms with Crippen LogP contribution in [0.5, 0.6) is 5.75 Å². The van der Waals surface area contributed by atoms with Gasteiger partial charge in [-0.25, -0.2) is 0 Å². The molecule has 10 heteroatoms. The third-order valence-corrected chi connectivity index (χ3v) is 5.92. The molecule has 0 fully saturated rings. The average Bonchev–Trinajstić information content (AvgIpc) is 3.38. The van der Waals surface area contributed by atoms with Crippen molar-refractivity contribution in [1.82, 2.24) is 19.5 Å². The maximum absolute atomic E-state index is 12.9. The first kappa shape index (κ1) is 21.3. The van der Waals surface area contributed by atoms with Crippen molar-refractivity contribution in [1.29, 1.82) is 0 Å². The van der Waals surface area contributed by atoms with Crippen LogP contribution in [0.15, 0.2) is 54.1 Å². The minimum Gasteiger partial charge on any atom is -0.609 e. The van der Waals surface area contributed by atoms with Gasteiger partial charge in [0, 0.05) is 46.6 Å². The van der Waals surface area contributed by atoms with E-state index in [4.69, 9.17) is 4.74 Å². The Kier molecular flexibility index (Phi) is 5.67. The largest absolute Gasteiger partial charge is 0.609 e. The van der Waals surface area contributed by atoms with Crippen molar-refractivity contribution >= 4 is 22.2 Å². The first-order valence-corrected chi connectivity index (χ1v) is 10.7. The molecule has 3 heterocycles. The summed E-state index contributed by atoms with van der Waals surface area (Å²) in [6.07, 6.45) is 0.806. The molecule has 0 bridgehead atoms. The zero-order valence-corrected chi connectivity index (χ0v) is 17.5. The van der Waals surface area contributed by atoms with E-state index in [1.54, 1.807) is 13.8 Å². The van der Waals surface area contributed by atoms with Gasteiger partial charge in [-0.05, 0) is 44.2 Å². The van der Waals surface area contributed by atoms with E-state index in [1.807, 2.05) is 47.3 Å². The van der Waals surface area contributed by atoms with Crippen molar-refractivity contribution in [3.05, 3.63) is 65.7 Å². The van der Waals surface area contributed by atoms with Crippen LogP contribution >= 0.6 is 0 Å². The van der Waals surface area contributed by atoms with Crippen LogP contribution in [0.1, 0.15) is 16.8 Å². The molecule has 0 saturated heterocycles. The molecular formula is C21H19F3N4O2S. The number of pyridine rings is 1. The summed E-state index contributed by atoms with van der Waals surface area (Å²) in [4.78, 5) is 11.7. The molecule has 6 nitrogen and oxygen atoms in total. The molecule has 1 atom stereocenters. The quantitative estimate of drug-likeness (QED) is 0.437. The smallest absolute Gasteiger partial charge is 0.422 e. The lowest BCUT2D eigenvalue weighted by atomic mass is 10.1. The minimum atomic E-state index is -4.45. The second kappa shape index (κ2) is 8.27. The second-order valence-corrected chi connectivity index (χ2v) is 8.44. The topological polar surface area (TPSA) is 78.8 Å². The SMILES string of the molecule is Cc1cnc(C[S@@+]([O-])c2nc3cc(-n4cccc4)ccc3[nH]2)c(C)c1OCC(F)(F)F. The van der Waals surface area contributed by atoms with E-state index in [2.05, 4.69) is 15.0 Å². The maximum atomic E-state index is 12.9. The van der Waals surface area contributed by atoms with Gasteiger partial charge in [0.15, 0.2) is 12.4 Å². The Balaban J connectivity index is 1.56. The van der Waals surface area contributed by atoms with Gasteiger partial charge in [0.25, 0.3) is 0 Å². The Hall–Kier alpha value is -2.98. The summed E-state index contributed by atoms with van der Waals surface area (Å²) in [7, 11) is 0. The number of aromatic amines is 1. The number of halogens is 3. The van der Waals surface area contributed by atoms with Crippen molar-refractivity contribution in [3.8, 4) is 11.4 Å². The summed E-state index contributed by atoms with van der Waals surface area (Å²) in [5.41, 5.74) is 3.64. The standard InChI is InChI=1S/C21H19F3N4O2S/c1-13-10-25-18(14(2)19(13)30-12-21(22,23)24)11-31(29)20-26-16-6-5-15(9-17(16)27-20)28-7-3-4-8-28/h3-10H,11-12H2,1-2H3,(H,26,27)/t31-/m1/s1. The minimum absolute atomic E-state index is 0.00122. The average molecular weight is 448 g/mol. The van der Waals surface area contributed by atoms with E-state index < -0.39 is 24.0 Å².